The van der Waals surface area contributed by atoms with E-state index < -0.39 is 6.10 Å². The number of aryl methyl sites for hydroxylation is 1. The van der Waals surface area contributed by atoms with Gasteiger partial charge in [-0.1, -0.05) is 36.4 Å². The van der Waals surface area contributed by atoms with Crippen molar-refractivity contribution >= 4 is 17.5 Å². The fraction of sp³-hybridized carbons (Fsp3) is 0.391. The Balaban J connectivity index is 1.24. The topological polar surface area (TPSA) is 70.7 Å². The summed E-state index contributed by atoms with van der Waals surface area (Å²) in [6.45, 7) is 4.80. The van der Waals surface area contributed by atoms with Gasteiger partial charge in [-0.2, -0.15) is 0 Å². The van der Waals surface area contributed by atoms with Crippen LogP contribution in [0.2, 0.25) is 0 Å². The van der Waals surface area contributed by atoms with Gasteiger partial charge in [0.25, 0.3) is 5.91 Å². The van der Waals surface area contributed by atoms with E-state index in [-0.39, 0.29) is 24.3 Å². The highest BCUT2D eigenvalue weighted by Crippen LogP contribution is 2.31. The Labute approximate surface area is 171 Å². The molecule has 2 amide bonds. The zero-order valence-corrected chi connectivity index (χ0v) is 16.7. The minimum Gasteiger partial charge on any atom is -0.478 e. The van der Waals surface area contributed by atoms with Gasteiger partial charge in [-0.05, 0) is 43.0 Å². The molecule has 0 aromatic heterocycles. The Hall–Kier alpha value is -2.86. The number of hydrogen-bond donors (Lipinski definition) is 2. The first-order valence-electron chi connectivity index (χ1n) is 10.2. The van der Waals surface area contributed by atoms with E-state index in [1.54, 1.807) is 0 Å². The molecule has 2 heterocycles. The fourth-order valence-corrected chi connectivity index (χ4v) is 3.93. The van der Waals surface area contributed by atoms with Gasteiger partial charge in [0, 0.05) is 25.7 Å². The van der Waals surface area contributed by atoms with Crippen LogP contribution in [0.3, 0.4) is 0 Å². The number of carbonyl (C=O) groups is 2. The number of nitrogens with one attached hydrogen (secondary N) is 2. The SMILES string of the molecule is Cc1ccc2c(c1)NC(=O)C(CC(=O)NC1CCN(Cc3ccccc3)CC1)O2. The van der Waals surface area contributed by atoms with Crippen LogP contribution in [0, 0.1) is 6.92 Å². The van der Waals surface area contributed by atoms with Crippen LogP contribution in [0.4, 0.5) is 5.69 Å². The molecule has 1 saturated heterocycles. The first-order valence-corrected chi connectivity index (χ1v) is 10.2. The van der Waals surface area contributed by atoms with E-state index in [0.29, 0.717) is 11.4 Å². The fourth-order valence-electron chi connectivity index (χ4n) is 3.93. The van der Waals surface area contributed by atoms with Crippen LogP contribution < -0.4 is 15.4 Å². The summed E-state index contributed by atoms with van der Waals surface area (Å²) in [6.07, 6.45) is 1.07. The third kappa shape index (κ3) is 4.95. The lowest BCUT2D eigenvalue weighted by atomic mass is 10.0. The second kappa shape index (κ2) is 8.66. The van der Waals surface area contributed by atoms with Crippen molar-refractivity contribution in [3.8, 4) is 5.75 Å². The predicted octanol–water partition coefficient (Wildman–Crippen LogP) is 2.87. The number of rotatable bonds is 5. The molecule has 1 unspecified atom stereocenters. The maximum absolute atomic E-state index is 12.5. The Bertz CT molecular complexity index is 876. The van der Waals surface area contributed by atoms with E-state index in [1.165, 1.54) is 5.56 Å². The van der Waals surface area contributed by atoms with Gasteiger partial charge in [-0.15, -0.1) is 0 Å². The molecule has 0 saturated carbocycles. The molecule has 1 atom stereocenters. The smallest absolute Gasteiger partial charge is 0.266 e. The van der Waals surface area contributed by atoms with Crippen LogP contribution in [-0.2, 0) is 16.1 Å². The van der Waals surface area contributed by atoms with Crippen molar-refractivity contribution in [1.82, 2.24) is 10.2 Å². The number of carbonyl (C=O) groups excluding carboxylic acids is 2. The summed E-state index contributed by atoms with van der Waals surface area (Å²) < 4.78 is 5.76. The van der Waals surface area contributed by atoms with E-state index >= 15 is 0 Å². The molecule has 0 bridgehead atoms. The number of nitrogens with zero attached hydrogens (tertiary/aromatic N) is 1. The van der Waals surface area contributed by atoms with Gasteiger partial charge in [-0.25, -0.2) is 0 Å². The minimum atomic E-state index is -0.789. The van der Waals surface area contributed by atoms with E-state index in [9.17, 15) is 9.59 Å². The highest BCUT2D eigenvalue weighted by atomic mass is 16.5. The molecular weight excluding hydrogens is 366 g/mol. The molecule has 4 rings (SSSR count). The summed E-state index contributed by atoms with van der Waals surface area (Å²) in [6, 6.07) is 16.2. The van der Waals surface area contributed by atoms with Gasteiger partial charge in [-0.3, -0.25) is 14.5 Å². The summed E-state index contributed by atoms with van der Waals surface area (Å²) in [5, 5.41) is 5.92. The van der Waals surface area contributed by atoms with Crippen molar-refractivity contribution in [2.45, 2.75) is 44.9 Å². The Morgan fingerprint density at radius 2 is 1.93 bits per heavy atom. The molecule has 6 nitrogen and oxygen atoms in total. The third-order valence-corrected chi connectivity index (χ3v) is 5.53. The van der Waals surface area contributed by atoms with Crippen LogP contribution in [0.15, 0.2) is 48.5 Å². The third-order valence-electron chi connectivity index (χ3n) is 5.53. The lowest BCUT2D eigenvalue weighted by Gasteiger charge is -2.33. The predicted molar refractivity (Wildman–Crippen MR) is 112 cm³/mol. The lowest BCUT2D eigenvalue weighted by molar-refractivity contribution is -0.131. The van der Waals surface area contributed by atoms with Crippen molar-refractivity contribution in [3.63, 3.8) is 0 Å². The van der Waals surface area contributed by atoms with Crippen molar-refractivity contribution in [1.29, 1.82) is 0 Å². The molecule has 0 aliphatic carbocycles. The second-order valence-corrected chi connectivity index (χ2v) is 7.90. The average Bonchev–Trinajstić information content (AvgIpc) is 2.71. The first-order chi connectivity index (χ1) is 14.1. The molecular formula is C23H27N3O3. The van der Waals surface area contributed by atoms with Crippen molar-refractivity contribution in [3.05, 3.63) is 59.7 Å². The summed E-state index contributed by atoms with van der Waals surface area (Å²) in [5.74, 6) is 0.209. The minimum absolute atomic E-state index is 0.0311. The number of anilines is 1. The molecule has 1 fully saturated rings. The molecule has 29 heavy (non-hydrogen) atoms. The van der Waals surface area contributed by atoms with Crippen molar-refractivity contribution in [2.24, 2.45) is 0 Å². The van der Waals surface area contributed by atoms with Crippen LogP contribution in [0.1, 0.15) is 30.4 Å². The van der Waals surface area contributed by atoms with Crippen LogP contribution in [-0.4, -0.2) is 41.9 Å². The normalized spacial score (nSPS) is 19.8. The van der Waals surface area contributed by atoms with E-state index in [2.05, 4.69) is 39.8 Å². The molecule has 0 radical (unpaired) electrons. The monoisotopic (exact) mass is 393 g/mol. The first kappa shape index (κ1) is 19.5. The zero-order valence-electron chi connectivity index (χ0n) is 16.7. The van der Waals surface area contributed by atoms with Crippen LogP contribution in [0.25, 0.3) is 0 Å². The van der Waals surface area contributed by atoms with Crippen LogP contribution in [0.5, 0.6) is 5.75 Å². The molecule has 6 heteroatoms. The quantitative estimate of drug-likeness (QED) is 0.820. The number of likely N-dealkylation sites (tertiary alicyclic amines) is 1. The lowest BCUT2D eigenvalue weighted by Crippen LogP contribution is -2.47. The number of ether oxygens (including phenoxy) is 1. The van der Waals surface area contributed by atoms with Gasteiger partial charge >= 0.3 is 0 Å². The maximum Gasteiger partial charge on any atom is 0.266 e. The summed E-state index contributed by atoms with van der Waals surface area (Å²) >= 11 is 0. The summed E-state index contributed by atoms with van der Waals surface area (Å²) in [7, 11) is 0. The Morgan fingerprint density at radius 3 is 2.69 bits per heavy atom. The van der Waals surface area contributed by atoms with Gasteiger partial charge in [0.2, 0.25) is 5.91 Å². The molecule has 152 valence electrons. The molecule has 2 aliphatic rings. The van der Waals surface area contributed by atoms with Crippen LogP contribution >= 0.6 is 0 Å². The Kier molecular flexibility index (Phi) is 5.81. The van der Waals surface area contributed by atoms with Crippen molar-refractivity contribution in [2.75, 3.05) is 18.4 Å². The summed E-state index contributed by atoms with van der Waals surface area (Å²) in [4.78, 5) is 27.2. The average molecular weight is 393 g/mol. The number of fused-ring (bicyclic) bond motifs is 1. The number of benzene rings is 2. The van der Waals surface area contributed by atoms with Gasteiger partial charge in [0.05, 0.1) is 12.1 Å². The molecule has 2 aromatic carbocycles. The molecule has 2 N–H and O–H groups in total. The highest BCUT2D eigenvalue weighted by molar-refractivity contribution is 6.00. The van der Waals surface area contributed by atoms with E-state index in [0.717, 1.165) is 38.0 Å². The second-order valence-electron chi connectivity index (χ2n) is 7.90. The molecule has 2 aromatic rings. The van der Waals surface area contributed by atoms with E-state index in [1.807, 2.05) is 31.2 Å². The number of piperidine rings is 1. The van der Waals surface area contributed by atoms with Gasteiger partial charge in [0.1, 0.15) is 5.75 Å². The van der Waals surface area contributed by atoms with Gasteiger partial charge < -0.3 is 15.4 Å². The maximum atomic E-state index is 12.5. The number of amides is 2. The number of hydrogen-bond acceptors (Lipinski definition) is 4. The molecule has 0 spiro atoms. The zero-order chi connectivity index (χ0) is 20.2. The standard InChI is InChI=1S/C23H27N3O3/c1-16-7-8-20-19(13-16)25-23(28)21(29-20)14-22(27)24-18-9-11-26(12-10-18)15-17-5-3-2-4-6-17/h2-8,13,18,21H,9-12,14-15H2,1H3,(H,24,27)(H,25,28). The van der Waals surface area contributed by atoms with Crippen molar-refractivity contribution < 1.29 is 14.3 Å². The van der Waals surface area contributed by atoms with E-state index in [4.69, 9.17) is 4.74 Å². The largest absolute Gasteiger partial charge is 0.478 e. The van der Waals surface area contributed by atoms with Gasteiger partial charge in [0.15, 0.2) is 6.10 Å². The highest BCUT2D eigenvalue weighted by Gasteiger charge is 2.30. The summed E-state index contributed by atoms with van der Waals surface area (Å²) in [5.41, 5.74) is 3.02. The Morgan fingerprint density at radius 1 is 1.17 bits per heavy atom. The molecule has 2 aliphatic heterocycles.